The summed E-state index contributed by atoms with van der Waals surface area (Å²) in [5.41, 5.74) is 0. The van der Waals surface area contributed by atoms with Crippen molar-refractivity contribution in [2.24, 2.45) is 0 Å². The van der Waals surface area contributed by atoms with Crippen LogP contribution in [0.4, 0.5) is 5.82 Å². The van der Waals surface area contributed by atoms with Crippen LogP contribution in [0.5, 0.6) is 0 Å². The van der Waals surface area contributed by atoms with Crippen LogP contribution in [0.1, 0.15) is 13.3 Å². The summed E-state index contributed by atoms with van der Waals surface area (Å²) < 4.78 is 3.13. The molecule has 0 amide bonds. The molecule has 1 aromatic heterocycles. The first-order valence-corrected chi connectivity index (χ1v) is 5.79. The molecule has 1 aromatic rings. The summed E-state index contributed by atoms with van der Waals surface area (Å²) in [5.74, 6) is -0.0431. The molecule has 1 heterocycles. The van der Waals surface area contributed by atoms with E-state index in [0.717, 1.165) is 13.0 Å². The van der Waals surface area contributed by atoms with Gasteiger partial charge in [-0.25, -0.2) is 0 Å². The number of nitrogens with zero attached hydrogens (tertiary/aromatic N) is 3. The molecule has 0 bridgehead atoms. The SMILES string of the molecule is CCCn1c(I)nc([N+](=O)[O-])c1I. The lowest BCUT2D eigenvalue weighted by Gasteiger charge is -1.99. The van der Waals surface area contributed by atoms with Gasteiger partial charge in [-0.15, -0.1) is 0 Å². The van der Waals surface area contributed by atoms with E-state index in [-0.39, 0.29) is 5.82 Å². The number of rotatable bonds is 3. The van der Waals surface area contributed by atoms with Crippen LogP contribution in [0.15, 0.2) is 0 Å². The number of hydrogen-bond donors (Lipinski definition) is 0. The predicted octanol–water partition coefficient (Wildman–Crippen LogP) is 2.41. The van der Waals surface area contributed by atoms with E-state index in [0.29, 0.717) is 7.53 Å². The first kappa shape index (κ1) is 11.1. The summed E-state index contributed by atoms with van der Waals surface area (Å²) in [6.45, 7) is 2.80. The molecule has 7 heteroatoms. The van der Waals surface area contributed by atoms with Crippen LogP contribution in [0.3, 0.4) is 0 Å². The molecule has 1 rings (SSSR count). The molecule has 0 atom stereocenters. The van der Waals surface area contributed by atoms with Crippen LogP contribution in [0.2, 0.25) is 0 Å². The van der Waals surface area contributed by atoms with Gasteiger partial charge in [0.15, 0.2) is 3.70 Å². The summed E-state index contributed by atoms with van der Waals surface area (Å²) in [4.78, 5) is 13.9. The van der Waals surface area contributed by atoms with Gasteiger partial charge in [0.25, 0.3) is 3.83 Å². The van der Waals surface area contributed by atoms with Crippen LogP contribution in [-0.4, -0.2) is 14.5 Å². The minimum atomic E-state index is -0.448. The van der Waals surface area contributed by atoms with Gasteiger partial charge in [-0.2, -0.15) is 0 Å². The fourth-order valence-electron chi connectivity index (χ4n) is 0.926. The minimum absolute atomic E-state index is 0.0431. The maximum atomic E-state index is 10.5. The standard InChI is InChI=1S/C6H7I2N3O2/c1-2-3-10-4(7)5(11(12)13)9-6(10)8/h2-3H2,1H3. The highest BCUT2D eigenvalue weighted by Gasteiger charge is 2.23. The molecule has 0 fully saturated rings. The molecule has 72 valence electrons. The van der Waals surface area contributed by atoms with E-state index < -0.39 is 4.92 Å². The maximum absolute atomic E-state index is 10.5. The van der Waals surface area contributed by atoms with Crippen LogP contribution < -0.4 is 0 Å². The van der Waals surface area contributed by atoms with Gasteiger partial charge in [0.05, 0.1) is 0 Å². The Morgan fingerprint density at radius 1 is 1.62 bits per heavy atom. The van der Waals surface area contributed by atoms with Gasteiger partial charge in [-0.3, -0.25) is 4.57 Å². The Kier molecular flexibility index (Phi) is 3.88. The number of halogens is 2. The molecule has 0 aromatic carbocycles. The van der Waals surface area contributed by atoms with Crippen molar-refractivity contribution in [3.63, 3.8) is 0 Å². The van der Waals surface area contributed by atoms with Crippen molar-refractivity contribution in [1.82, 2.24) is 9.55 Å². The van der Waals surface area contributed by atoms with E-state index in [1.165, 1.54) is 0 Å². The third-order valence-corrected chi connectivity index (χ3v) is 3.35. The van der Waals surface area contributed by atoms with Crippen molar-refractivity contribution in [2.75, 3.05) is 0 Å². The molecule has 0 saturated heterocycles. The molecule has 0 unspecified atom stereocenters. The second kappa shape index (κ2) is 4.53. The van der Waals surface area contributed by atoms with Gasteiger partial charge in [-0.1, -0.05) is 6.92 Å². The van der Waals surface area contributed by atoms with Gasteiger partial charge in [0, 0.05) is 29.1 Å². The monoisotopic (exact) mass is 407 g/mol. The molecule has 13 heavy (non-hydrogen) atoms. The van der Waals surface area contributed by atoms with E-state index in [1.54, 1.807) is 0 Å². The average Bonchev–Trinajstić information content (AvgIpc) is 2.32. The lowest BCUT2D eigenvalue weighted by Crippen LogP contribution is -2.01. The van der Waals surface area contributed by atoms with Crippen molar-refractivity contribution >= 4 is 51.0 Å². The van der Waals surface area contributed by atoms with Gasteiger partial charge >= 0.3 is 5.82 Å². The number of imidazole rings is 1. The fourth-order valence-corrected chi connectivity index (χ4v) is 2.89. The first-order valence-electron chi connectivity index (χ1n) is 3.63. The number of nitro groups is 1. The molecule has 0 aliphatic rings. The zero-order valence-electron chi connectivity index (χ0n) is 6.83. The Morgan fingerprint density at radius 3 is 2.62 bits per heavy atom. The normalized spacial score (nSPS) is 10.4. The van der Waals surface area contributed by atoms with E-state index in [9.17, 15) is 10.1 Å². The summed E-state index contributed by atoms with van der Waals surface area (Å²) >= 11 is 3.96. The van der Waals surface area contributed by atoms with Crippen molar-refractivity contribution in [3.8, 4) is 0 Å². The summed E-state index contributed by atoms with van der Waals surface area (Å²) in [7, 11) is 0. The Hall–Kier alpha value is 0.0700. The van der Waals surface area contributed by atoms with Crippen molar-refractivity contribution < 1.29 is 4.92 Å². The molecular formula is C6H7I2N3O2. The van der Waals surface area contributed by atoms with Gasteiger partial charge < -0.3 is 10.1 Å². The minimum Gasteiger partial charge on any atom is -0.358 e. The predicted molar refractivity (Wildman–Crippen MR) is 64.6 cm³/mol. The van der Waals surface area contributed by atoms with Crippen LogP contribution in [0, 0.1) is 17.6 Å². The second-order valence-electron chi connectivity index (χ2n) is 2.40. The summed E-state index contributed by atoms with van der Waals surface area (Å²) in [6.07, 6.45) is 0.944. The van der Waals surface area contributed by atoms with E-state index >= 15 is 0 Å². The molecule has 0 N–H and O–H groups in total. The summed E-state index contributed by atoms with van der Waals surface area (Å²) in [5, 5.41) is 10.5. The third kappa shape index (κ3) is 2.30. The zero-order chi connectivity index (χ0) is 10.0. The first-order chi connectivity index (χ1) is 6.07. The van der Waals surface area contributed by atoms with E-state index in [4.69, 9.17) is 0 Å². The topological polar surface area (TPSA) is 61.0 Å². The maximum Gasteiger partial charge on any atom is 0.396 e. The molecule has 0 aliphatic carbocycles. The zero-order valence-corrected chi connectivity index (χ0v) is 11.1. The van der Waals surface area contributed by atoms with E-state index in [1.807, 2.05) is 56.7 Å². The second-order valence-corrected chi connectivity index (χ2v) is 4.39. The van der Waals surface area contributed by atoms with Crippen molar-refractivity contribution in [1.29, 1.82) is 0 Å². The highest BCUT2D eigenvalue weighted by atomic mass is 127. The highest BCUT2D eigenvalue weighted by molar-refractivity contribution is 14.1. The van der Waals surface area contributed by atoms with Gasteiger partial charge in [-0.05, 0) is 38.9 Å². The van der Waals surface area contributed by atoms with Crippen LogP contribution in [-0.2, 0) is 6.54 Å². The molecule has 0 saturated carbocycles. The van der Waals surface area contributed by atoms with Crippen molar-refractivity contribution in [3.05, 3.63) is 17.6 Å². The Labute approximate surface area is 102 Å². The molecular weight excluding hydrogens is 400 g/mol. The summed E-state index contributed by atoms with van der Waals surface area (Å²) in [6, 6.07) is 0. The molecule has 0 radical (unpaired) electrons. The third-order valence-electron chi connectivity index (χ3n) is 1.46. The molecule has 0 aliphatic heterocycles. The van der Waals surface area contributed by atoms with Crippen molar-refractivity contribution in [2.45, 2.75) is 19.9 Å². The van der Waals surface area contributed by atoms with Crippen LogP contribution >= 0.6 is 45.2 Å². The quantitative estimate of drug-likeness (QED) is 0.440. The van der Waals surface area contributed by atoms with Crippen LogP contribution in [0.25, 0.3) is 0 Å². The fraction of sp³-hybridized carbons (Fsp3) is 0.500. The lowest BCUT2D eigenvalue weighted by atomic mass is 10.5. The lowest BCUT2D eigenvalue weighted by molar-refractivity contribution is -0.390. The Balaban J connectivity index is 3.14. The van der Waals surface area contributed by atoms with Gasteiger partial charge in [0.1, 0.15) is 0 Å². The average molecular weight is 407 g/mol. The highest BCUT2D eigenvalue weighted by Crippen LogP contribution is 2.22. The van der Waals surface area contributed by atoms with Gasteiger partial charge in [0.2, 0.25) is 0 Å². The number of hydrogen-bond acceptors (Lipinski definition) is 3. The molecule has 5 nitrogen and oxygen atoms in total. The largest absolute Gasteiger partial charge is 0.396 e. The Bertz CT molecular complexity index is 337. The molecule has 0 spiro atoms. The van der Waals surface area contributed by atoms with E-state index in [2.05, 4.69) is 4.98 Å². The number of aromatic nitrogens is 2. The smallest absolute Gasteiger partial charge is 0.358 e. The Morgan fingerprint density at radius 2 is 2.23 bits per heavy atom.